The molecule has 0 bridgehead atoms. The number of aryl methyl sites for hydroxylation is 2. The molecular weight excluding hydrogens is 436 g/mol. The zero-order chi connectivity index (χ0) is 24.0. The molecule has 0 spiro atoms. The quantitative estimate of drug-likeness (QED) is 0.496. The first-order valence-corrected chi connectivity index (χ1v) is 12.6. The highest BCUT2D eigenvalue weighted by Crippen LogP contribution is 2.31. The van der Waals surface area contributed by atoms with Gasteiger partial charge in [0.2, 0.25) is 5.91 Å². The number of rotatable bonds is 5. The second kappa shape index (κ2) is 8.91. The lowest BCUT2D eigenvalue weighted by atomic mass is 9.87. The number of benzene rings is 1. The van der Waals surface area contributed by atoms with E-state index in [1.54, 1.807) is 28.3 Å². The van der Waals surface area contributed by atoms with Gasteiger partial charge in [0.1, 0.15) is 0 Å². The van der Waals surface area contributed by atoms with E-state index in [9.17, 15) is 15.0 Å². The number of nitrogens with one attached hydrogen (secondary N) is 1. The van der Waals surface area contributed by atoms with Crippen LogP contribution in [0, 0.1) is 12.3 Å². The number of imidazole rings is 1. The molecule has 1 aromatic carbocycles. The lowest BCUT2D eigenvalue weighted by Crippen LogP contribution is -2.55. The Labute approximate surface area is 198 Å². The van der Waals surface area contributed by atoms with Crippen LogP contribution in [0.25, 0.3) is 22.4 Å². The van der Waals surface area contributed by atoms with E-state index in [1.807, 2.05) is 0 Å². The fourth-order valence-electron chi connectivity index (χ4n) is 4.41. The Morgan fingerprint density at radius 2 is 2.00 bits per heavy atom. The molecule has 3 heterocycles. The summed E-state index contributed by atoms with van der Waals surface area (Å²) in [5.41, 5.74) is 6.57. The molecule has 1 fully saturated rings. The molecule has 8 heteroatoms. The van der Waals surface area contributed by atoms with Gasteiger partial charge in [-0.3, -0.25) is 9.47 Å². The predicted molar refractivity (Wildman–Crippen MR) is 134 cm³/mol. The molecule has 178 valence electrons. The number of fused-ring (bicyclic) bond motifs is 1. The molecule has 1 saturated heterocycles. The van der Waals surface area contributed by atoms with Crippen molar-refractivity contribution >= 4 is 22.9 Å². The molecule has 3 aromatic rings. The number of aromatic amines is 1. The van der Waals surface area contributed by atoms with Gasteiger partial charge in [-0.25, -0.2) is 9.78 Å². The zero-order valence-corrected chi connectivity index (χ0v) is 20.9. The summed E-state index contributed by atoms with van der Waals surface area (Å²) < 4.78 is 1.57. The van der Waals surface area contributed by atoms with Gasteiger partial charge in [0.05, 0.1) is 17.0 Å². The lowest BCUT2D eigenvalue weighted by molar-refractivity contribution is -0.246. The molecule has 0 aliphatic carbocycles. The first kappa shape index (κ1) is 24.0. The van der Waals surface area contributed by atoms with E-state index < -0.39 is 5.91 Å². The van der Waals surface area contributed by atoms with Gasteiger partial charge >= 0.3 is 5.69 Å². The van der Waals surface area contributed by atoms with E-state index in [-0.39, 0.29) is 11.1 Å². The zero-order valence-electron chi connectivity index (χ0n) is 20.1. The highest BCUT2D eigenvalue weighted by Gasteiger charge is 2.34. The standard InChI is InChI=1S/C25H34N4O3S/c1-16-6-7-17(8-9-29-10-11-33-15-25(29,31)32)12-19(16)20-13-18(14-24(2,3)4)21-22(26-20)28(5)23(30)27-21/h6-7,12-13,31-32H,8-11,14-15H2,1-5H3,(H,27,30). The number of hydrogen-bond acceptors (Lipinski definition) is 6. The summed E-state index contributed by atoms with van der Waals surface area (Å²) in [6.45, 7) is 9.86. The number of pyridine rings is 1. The lowest BCUT2D eigenvalue weighted by Gasteiger charge is -2.38. The van der Waals surface area contributed by atoms with Gasteiger partial charge in [-0.2, -0.15) is 11.8 Å². The van der Waals surface area contributed by atoms with Crippen LogP contribution >= 0.6 is 11.8 Å². The van der Waals surface area contributed by atoms with Crippen LogP contribution in [-0.4, -0.2) is 60.2 Å². The van der Waals surface area contributed by atoms with Crippen LogP contribution in [0.2, 0.25) is 0 Å². The third-order valence-electron chi connectivity index (χ3n) is 6.21. The van der Waals surface area contributed by atoms with Gasteiger partial charge in [0, 0.05) is 31.5 Å². The van der Waals surface area contributed by atoms with Crippen molar-refractivity contribution in [3.8, 4) is 11.3 Å². The number of nitrogens with zero attached hydrogens (tertiary/aromatic N) is 3. The summed E-state index contributed by atoms with van der Waals surface area (Å²) in [6.07, 6.45) is 1.53. The minimum atomic E-state index is -1.75. The molecule has 0 radical (unpaired) electrons. The topological polar surface area (TPSA) is 94.4 Å². The second-order valence-electron chi connectivity index (χ2n) is 10.3. The molecule has 0 amide bonds. The van der Waals surface area contributed by atoms with Crippen LogP contribution < -0.4 is 5.69 Å². The average molecular weight is 471 g/mol. The molecular formula is C25H34N4O3S. The minimum absolute atomic E-state index is 0.0585. The molecule has 3 N–H and O–H groups in total. The van der Waals surface area contributed by atoms with Crippen molar-refractivity contribution in [2.75, 3.05) is 24.6 Å². The maximum absolute atomic E-state index is 12.3. The van der Waals surface area contributed by atoms with Crippen molar-refractivity contribution < 1.29 is 10.2 Å². The maximum atomic E-state index is 12.3. The summed E-state index contributed by atoms with van der Waals surface area (Å²) in [5, 5.41) is 20.5. The van der Waals surface area contributed by atoms with Crippen LogP contribution in [-0.2, 0) is 19.9 Å². The molecule has 0 atom stereocenters. The number of thioether (sulfide) groups is 1. The van der Waals surface area contributed by atoms with Crippen molar-refractivity contribution in [1.29, 1.82) is 0 Å². The van der Waals surface area contributed by atoms with Crippen molar-refractivity contribution in [3.05, 3.63) is 51.4 Å². The molecule has 1 aliphatic rings. The Bertz CT molecular complexity index is 1220. The molecule has 2 aromatic heterocycles. The third-order valence-corrected chi connectivity index (χ3v) is 7.28. The Balaban J connectivity index is 1.70. The van der Waals surface area contributed by atoms with Crippen LogP contribution in [0.4, 0.5) is 0 Å². The summed E-state index contributed by atoms with van der Waals surface area (Å²) in [5.74, 6) is -0.538. The van der Waals surface area contributed by atoms with Gasteiger partial charge in [0.15, 0.2) is 5.65 Å². The number of hydrogen-bond donors (Lipinski definition) is 3. The van der Waals surface area contributed by atoms with Gasteiger partial charge in [0.25, 0.3) is 0 Å². The molecule has 1 aliphatic heterocycles. The number of aromatic nitrogens is 3. The summed E-state index contributed by atoms with van der Waals surface area (Å²) in [7, 11) is 1.75. The van der Waals surface area contributed by atoms with Crippen molar-refractivity contribution in [1.82, 2.24) is 19.4 Å². The van der Waals surface area contributed by atoms with Gasteiger partial charge < -0.3 is 15.2 Å². The Kier molecular flexibility index (Phi) is 6.48. The van der Waals surface area contributed by atoms with E-state index in [0.29, 0.717) is 30.9 Å². The molecule has 7 nitrogen and oxygen atoms in total. The maximum Gasteiger partial charge on any atom is 0.327 e. The van der Waals surface area contributed by atoms with E-state index in [2.05, 4.69) is 56.9 Å². The predicted octanol–water partition coefficient (Wildman–Crippen LogP) is 3.06. The van der Waals surface area contributed by atoms with Crippen molar-refractivity contribution in [2.24, 2.45) is 12.5 Å². The second-order valence-corrected chi connectivity index (χ2v) is 11.4. The smallest absolute Gasteiger partial charge is 0.327 e. The van der Waals surface area contributed by atoms with E-state index in [0.717, 1.165) is 45.6 Å². The van der Waals surface area contributed by atoms with Crippen LogP contribution in [0.15, 0.2) is 29.1 Å². The van der Waals surface area contributed by atoms with Crippen LogP contribution in [0.3, 0.4) is 0 Å². The van der Waals surface area contributed by atoms with Crippen LogP contribution in [0.5, 0.6) is 0 Å². The van der Waals surface area contributed by atoms with E-state index in [1.165, 1.54) is 0 Å². The minimum Gasteiger partial charge on any atom is -0.353 e. The fraction of sp³-hybridized carbons (Fsp3) is 0.520. The Hall–Kier alpha value is -2.13. The number of aliphatic hydroxyl groups is 2. The highest BCUT2D eigenvalue weighted by atomic mass is 32.2. The monoisotopic (exact) mass is 470 g/mol. The summed E-state index contributed by atoms with van der Waals surface area (Å²) in [6, 6.07) is 8.43. The Morgan fingerprint density at radius 1 is 1.24 bits per heavy atom. The SMILES string of the molecule is Cc1ccc(CCN2CCSCC2(O)O)cc1-c1cc(CC(C)(C)C)c2[nH]c(=O)n(C)c2n1. The normalized spacial score (nSPS) is 17.1. The molecule has 33 heavy (non-hydrogen) atoms. The van der Waals surface area contributed by atoms with Gasteiger partial charge in [-0.05, 0) is 54.0 Å². The van der Waals surface area contributed by atoms with Gasteiger partial charge in [-0.15, -0.1) is 0 Å². The molecule has 0 saturated carbocycles. The molecule has 4 rings (SSSR count). The highest BCUT2D eigenvalue weighted by molar-refractivity contribution is 7.99. The van der Waals surface area contributed by atoms with E-state index in [4.69, 9.17) is 4.98 Å². The summed E-state index contributed by atoms with van der Waals surface area (Å²) >= 11 is 1.56. The fourth-order valence-corrected chi connectivity index (χ4v) is 5.36. The van der Waals surface area contributed by atoms with Crippen molar-refractivity contribution in [3.63, 3.8) is 0 Å². The summed E-state index contributed by atoms with van der Waals surface area (Å²) in [4.78, 5) is 21.9. The van der Waals surface area contributed by atoms with E-state index >= 15 is 0 Å². The molecule has 0 unspecified atom stereocenters. The van der Waals surface area contributed by atoms with Gasteiger partial charge in [-0.1, -0.05) is 32.9 Å². The Morgan fingerprint density at radius 3 is 2.70 bits per heavy atom. The first-order valence-electron chi connectivity index (χ1n) is 11.4. The number of H-pyrrole nitrogens is 1. The first-order chi connectivity index (χ1) is 15.4. The van der Waals surface area contributed by atoms with Crippen molar-refractivity contribution in [2.45, 2.75) is 46.4 Å². The third kappa shape index (κ3) is 5.19. The average Bonchev–Trinajstić information content (AvgIpc) is 3.01. The largest absolute Gasteiger partial charge is 0.353 e. The van der Waals surface area contributed by atoms with Crippen LogP contribution in [0.1, 0.15) is 37.5 Å².